The zero-order chi connectivity index (χ0) is 17.6. The standard InChI is InChI=1S/C20H24N2O2/c1-11(2)24-16-10-13(4)19(22(5)6)18-17(16)20(23)14-8-7-12(3)9-15(14)21-18/h7-11H,1-6H3,(H,21,23). The van der Waals surface area contributed by atoms with Crippen molar-refractivity contribution in [3.63, 3.8) is 0 Å². The summed E-state index contributed by atoms with van der Waals surface area (Å²) in [6, 6.07) is 7.83. The van der Waals surface area contributed by atoms with E-state index in [0.717, 1.165) is 27.8 Å². The second-order valence-electron chi connectivity index (χ2n) is 6.85. The highest BCUT2D eigenvalue weighted by Crippen LogP contribution is 2.35. The Labute approximate surface area is 142 Å². The first kappa shape index (κ1) is 16.4. The lowest BCUT2D eigenvalue weighted by molar-refractivity contribution is 0.245. The molecular formula is C20H24N2O2. The van der Waals surface area contributed by atoms with Crippen LogP contribution in [-0.4, -0.2) is 25.2 Å². The van der Waals surface area contributed by atoms with Crippen LogP contribution in [0, 0.1) is 13.8 Å². The number of ether oxygens (including phenoxy) is 1. The molecule has 0 radical (unpaired) electrons. The third-order valence-corrected chi connectivity index (χ3v) is 4.17. The molecule has 0 amide bonds. The predicted octanol–water partition coefficient (Wildman–Crippen LogP) is 4.15. The van der Waals surface area contributed by atoms with Crippen molar-refractivity contribution in [3.05, 3.63) is 45.6 Å². The van der Waals surface area contributed by atoms with E-state index in [9.17, 15) is 4.79 Å². The van der Waals surface area contributed by atoms with Crippen LogP contribution in [0.3, 0.4) is 0 Å². The van der Waals surface area contributed by atoms with E-state index in [-0.39, 0.29) is 11.5 Å². The number of nitrogens with zero attached hydrogens (tertiary/aromatic N) is 1. The number of aryl methyl sites for hydroxylation is 2. The van der Waals surface area contributed by atoms with Gasteiger partial charge in [-0.25, -0.2) is 0 Å². The van der Waals surface area contributed by atoms with Crippen molar-refractivity contribution in [2.75, 3.05) is 19.0 Å². The highest BCUT2D eigenvalue weighted by atomic mass is 16.5. The lowest BCUT2D eigenvalue weighted by Gasteiger charge is -2.21. The molecule has 1 heterocycles. The van der Waals surface area contributed by atoms with Crippen molar-refractivity contribution in [1.29, 1.82) is 0 Å². The molecular weight excluding hydrogens is 300 g/mol. The summed E-state index contributed by atoms with van der Waals surface area (Å²) in [7, 11) is 3.98. The molecule has 3 aromatic rings. The molecule has 0 aliphatic carbocycles. The summed E-state index contributed by atoms with van der Waals surface area (Å²) >= 11 is 0. The predicted molar refractivity (Wildman–Crippen MR) is 102 cm³/mol. The molecule has 0 aliphatic rings. The van der Waals surface area contributed by atoms with Crippen LogP contribution in [0.4, 0.5) is 5.69 Å². The first-order valence-corrected chi connectivity index (χ1v) is 8.23. The number of nitrogens with one attached hydrogen (secondary N) is 1. The van der Waals surface area contributed by atoms with E-state index in [0.29, 0.717) is 16.5 Å². The Morgan fingerprint density at radius 1 is 1.12 bits per heavy atom. The lowest BCUT2D eigenvalue weighted by Crippen LogP contribution is -2.16. The van der Waals surface area contributed by atoms with Gasteiger partial charge in [0, 0.05) is 19.5 Å². The van der Waals surface area contributed by atoms with E-state index >= 15 is 0 Å². The van der Waals surface area contributed by atoms with Crippen molar-refractivity contribution in [1.82, 2.24) is 4.98 Å². The second kappa shape index (κ2) is 5.86. The number of aromatic amines is 1. The molecule has 0 unspecified atom stereocenters. The molecule has 4 heteroatoms. The van der Waals surface area contributed by atoms with E-state index in [4.69, 9.17) is 4.74 Å². The van der Waals surface area contributed by atoms with Gasteiger partial charge in [-0.05, 0) is 57.0 Å². The van der Waals surface area contributed by atoms with Crippen molar-refractivity contribution in [2.24, 2.45) is 0 Å². The molecule has 2 aromatic carbocycles. The van der Waals surface area contributed by atoms with Crippen molar-refractivity contribution in [3.8, 4) is 5.75 Å². The van der Waals surface area contributed by atoms with E-state index < -0.39 is 0 Å². The number of hydrogen-bond donors (Lipinski definition) is 1. The zero-order valence-corrected chi connectivity index (χ0v) is 15.2. The number of fused-ring (bicyclic) bond motifs is 2. The van der Waals surface area contributed by atoms with Crippen LogP contribution < -0.4 is 15.1 Å². The van der Waals surface area contributed by atoms with Gasteiger partial charge in [0.1, 0.15) is 5.75 Å². The largest absolute Gasteiger partial charge is 0.490 e. The number of benzene rings is 2. The summed E-state index contributed by atoms with van der Waals surface area (Å²) in [5.41, 5.74) is 4.91. The van der Waals surface area contributed by atoms with Crippen LogP contribution in [0.15, 0.2) is 29.1 Å². The van der Waals surface area contributed by atoms with Crippen LogP contribution in [0.5, 0.6) is 5.75 Å². The zero-order valence-electron chi connectivity index (χ0n) is 15.2. The highest BCUT2D eigenvalue weighted by Gasteiger charge is 2.18. The minimum absolute atomic E-state index is 0.00548. The maximum atomic E-state index is 13.2. The van der Waals surface area contributed by atoms with Gasteiger partial charge in [-0.3, -0.25) is 4.79 Å². The topological polar surface area (TPSA) is 45.3 Å². The normalized spacial score (nSPS) is 11.5. The number of anilines is 1. The Balaban J connectivity index is 2.54. The minimum atomic E-state index is 0.00548. The maximum Gasteiger partial charge on any atom is 0.201 e. The summed E-state index contributed by atoms with van der Waals surface area (Å²) in [4.78, 5) is 18.7. The summed E-state index contributed by atoms with van der Waals surface area (Å²) in [5.74, 6) is 0.645. The van der Waals surface area contributed by atoms with Gasteiger partial charge in [-0.1, -0.05) is 6.07 Å². The molecule has 0 fully saturated rings. The first-order valence-electron chi connectivity index (χ1n) is 8.23. The Hall–Kier alpha value is -2.49. The molecule has 126 valence electrons. The third kappa shape index (κ3) is 2.62. The molecule has 0 bridgehead atoms. The van der Waals surface area contributed by atoms with Crippen LogP contribution in [0.25, 0.3) is 21.8 Å². The van der Waals surface area contributed by atoms with Crippen LogP contribution in [0.1, 0.15) is 25.0 Å². The number of H-pyrrole nitrogens is 1. The van der Waals surface area contributed by atoms with Crippen molar-refractivity contribution < 1.29 is 4.74 Å². The van der Waals surface area contributed by atoms with Gasteiger partial charge in [-0.15, -0.1) is 0 Å². The van der Waals surface area contributed by atoms with Gasteiger partial charge < -0.3 is 14.6 Å². The summed E-state index contributed by atoms with van der Waals surface area (Å²) in [5, 5.41) is 1.31. The van der Waals surface area contributed by atoms with Crippen molar-refractivity contribution in [2.45, 2.75) is 33.8 Å². The number of rotatable bonds is 3. The van der Waals surface area contributed by atoms with Crippen LogP contribution in [-0.2, 0) is 0 Å². The van der Waals surface area contributed by atoms with Crippen LogP contribution in [0.2, 0.25) is 0 Å². The molecule has 0 aliphatic heterocycles. The molecule has 0 saturated heterocycles. The van der Waals surface area contributed by atoms with Gasteiger partial charge in [-0.2, -0.15) is 0 Å². The summed E-state index contributed by atoms with van der Waals surface area (Å²) < 4.78 is 5.96. The Morgan fingerprint density at radius 3 is 2.46 bits per heavy atom. The average molecular weight is 324 g/mol. The Bertz CT molecular complexity index is 984. The van der Waals surface area contributed by atoms with Gasteiger partial charge >= 0.3 is 0 Å². The summed E-state index contributed by atoms with van der Waals surface area (Å²) in [6.45, 7) is 8.01. The summed E-state index contributed by atoms with van der Waals surface area (Å²) in [6.07, 6.45) is 0.00548. The smallest absolute Gasteiger partial charge is 0.201 e. The first-order chi connectivity index (χ1) is 11.3. The van der Waals surface area contributed by atoms with Gasteiger partial charge in [0.05, 0.1) is 28.2 Å². The molecule has 0 atom stereocenters. The number of hydrogen-bond acceptors (Lipinski definition) is 3. The van der Waals surface area contributed by atoms with Gasteiger partial charge in [0.2, 0.25) is 5.43 Å². The minimum Gasteiger partial charge on any atom is -0.490 e. The lowest BCUT2D eigenvalue weighted by atomic mass is 10.0. The van der Waals surface area contributed by atoms with E-state index in [1.54, 1.807) is 0 Å². The second-order valence-corrected chi connectivity index (χ2v) is 6.85. The monoisotopic (exact) mass is 324 g/mol. The highest BCUT2D eigenvalue weighted by molar-refractivity contribution is 6.02. The fraction of sp³-hybridized carbons (Fsp3) is 0.350. The average Bonchev–Trinajstić information content (AvgIpc) is 2.45. The number of aromatic nitrogens is 1. The fourth-order valence-electron chi connectivity index (χ4n) is 3.28. The third-order valence-electron chi connectivity index (χ3n) is 4.17. The van der Waals surface area contributed by atoms with Crippen molar-refractivity contribution >= 4 is 27.5 Å². The molecule has 1 aromatic heterocycles. The SMILES string of the molecule is Cc1ccc2c(=O)c3c(OC(C)C)cc(C)c(N(C)C)c3[nH]c2c1. The Morgan fingerprint density at radius 2 is 1.83 bits per heavy atom. The fourth-order valence-corrected chi connectivity index (χ4v) is 3.28. The maximum absolute atomic E-state index is 13.2. The Kier molecular flexibility index (Phi) is 3.99. The van der Waals surface area contributed by atoms with Crippen LogP contribution >= 0.6 is 0 Å². The van der Waals surface area contributed by atoms with E-state index in [1.807, 2.05) is 71.0 Å². The molecule has 1 N–H and O–H groups in total. The molecule has 0 spiro atoms. The van der Waals surface area contributed by atoms with E-state index in [2.05, 4.69) is 4.98 Å². The molecule has 4 nitrogen and oxygen atoms in total. The molecule has 24 heavy (non-hydrogen) atoms. The van der Waals surface area contributed by atoms with Gasteiger partial charge in [0.25, 0.3) is 0 Å². The molecule has 3 rings (SSSR count). The quantitative estimate of drug-likeness (QED) is 0.736. The van der Waals surface area contributed by atoms with Gasteiger partial charge in [0.15, 0.2) is 0 Å². The number of pyridine rings is 1. The molecule has 0 saturated carbocycles. The van der Waals surface area contributed by atoms with E-state index in [1.165, 1.54) is 0 Å².